The van der Waals surface area contributed by atoms with Gasteiger partial charge < -0.3 is 113 Å². The van der Waals surface area contributed by atoms with Crippen molar-refractivity contribution in [2.24, 2.45) is 34.4 Å². The summed E-state index contributed by atoms with van der Waals surface area (Å²) >= 11 is 3.11. The number of cyclic esters (lactones) is 1. The highest BCUT2D eigenvalue weighted by Gasteiger charge is 2.54. The van der Waals surface area contributed by atoms with E-state index < -0.39 is 134 Å². The fourth-order valence-electron chi connectivity index (χ4n) is 10.2. The number of unbranched alkanes of at least 4 members (excludes halogenated alkanes) is 3. The van der Waals surface area contributed by atoms with E-state index in [4.69, 9.17) is 67.6 Å². The second-order valence-corrected chi connectivity index (χ2v) is 22.4. The number of ether oxygens (including phenoxy) is 7. The molecule has 1 aromatic rings. The first-order valence-corrected chi connectivity index (χ1v) is 28.3. The Labute approximate surface area is 449 Å². The van der Waals surface area contributed by atoms with Crippen LogP contribution in [0.5, 0.6) is 0 Å². The molecule has 1 unspecified atom stereocenters. The number of thioether (sulfide) groups is 2. The lowest BCUT2D eigenvalue weighted by molar-refractivity contribution is -0.306. The number of hydrogen-bond donors (Lipinski definition) is 13. The van der Waals surface area contributed by atoms with Crippen LogP contribution in [0.1, 0.15) is 39.0 Å². The number of carbonyl (C=O) groups excluding carboxylic acids is 3. The van der Waals surface area contributed by atoms with E-state index in [1.807, 2.05) is 4.90 Å². The van der Waals surface area contributed by atoms with Gasteiger partial charge in [-0.25, -0.2) is 9.18 Å². The van der Waals surface area contributed by atoms with Gasteiger partial charge in [-0.2, -0.15) is 23.5 Å². The minimum Gasteiger partial charge on any atom is -0.442 e. The Hall–Kier alpha value is -2.86. The fourth-order valence-corrected chi connectivity index (χ4v) is 12.1. The molecule has 19 N–H and O–H groups in total. The molecule has 1 aromatic carbocycles. The summed E-state index contributed by atoms with van der Waals surface area (Å²) in [5.41, 5.74) is 37.5. The van der Waals surface area contributed by atoms with Crippen LogP contribution in [0, 0.1) is 5.82 Å². The summed E-state index contributed by atoms with van der Waals surface area (Å²) in [7, 11) is 0. The summed E-state index contributed by atoms with van der Waals surface area (Å²) in [4.78, 5) is 41.8. The van der Waals surface area contributed by atoms with Gasteiger partial charge in [-0.1, -0.05) is 12.8 Å². The number of aliphatic hydroxyl groups is 6. The maximum atomic E-state index is 15.4. The Kier molecular flexibility index (Phi) is 22.4. The molecule has 20 atom stereocenters. The summed E-state index contributed by atoms with van der Waals surface area (Å²) < 4.78 is 57.3. The summed E-state index contributed by atoms with van der Waals surface area (Å²) in [6.45, 7) is 3.18. The van der Waals surface area contributed by atoms with E-state index in [0.717, 1.165) is 31.4 Å². The number of amides is 3. The van der Waals surface area contributed by atoms with Crippen molar-refractivity contribution >= 4 is 52.8 Å². The van der Waals surface area contributed by atoms with Gasteiger partial charge in [0.1, 0.15) is 73.0 Å². The molecule has 26 nitrogen and oxygen atoms in total. The number of hydrogen-bond acceptors (Lipinski definition) is 25. The molecule has 432 valence electrons. The zero-order valence-corrected chi connectivity index (χ0v) is 44.2. The molecule has 0 spiro atoms. The Morgan fingerprint density at radius 1 is 0.724 bits per heavy atom. The van der Waals surface area contributed by atoms with Crippen LogP contribution in [0.15, 0.2) is 18.2 Å². The number of benzene rings is 1. The molecule has 1 saturated carbocycles. The highest BCUT2D eigenvalue weighted by molar-refractivity contribution is 8.00. The van der Waals surface area contributed by atoms with Gasteiger partial charge in [0.05, 0.1) is 54.5 Å². The molecule has 76 heavy (non-hydrogen) atoms. The van der Waals surface area contributed by atoms with Crippen molar-refractivity contribution in [3.8, 4) is 0 Å². The molecular formula is C47H79FN10O16S2. The van der Waals surface area contributed by atoms with Gasteiger partial charge in [0, 0.05) is 64.0 Å². The summed E-state index contributed by atoms with van der Waals surface area (Å²) in [6, 6.07) is 0.353. The van der Waals surface area contributed by atoms with Crippen molar-refractivity contribution in [2.75, 3.05) is 85.2 Å². The lowest BCUT2D eigenvalue weighted by atomic mass is 9.84. The van der Waals surface area contributed by atoms with Gasteiger partial charge in [-0.05, 0) is 49.0 Å². The van der Waals surface area contributed by atoms with Crippen LogP contribution >= 0.6 is 23.5 Å². The second-order valence-electron chi connectivity index (χ2n) is 20.2. The van der Waals surface area contributed by atoms with Crippen molar-refractivity contribution in [3.05, 3.63) is 24.0 Å². The van der Waals surface area contributed by atoms with Crippen molar-refractivity contribution < 1.29 is 82.6 Å². The highest BCUT2D eigenvalue weighted by Crippen LogP contribution is 2.36. The Morgan fingerprint density at radius 3 is 1.89 bits per heavy atom. The third-order valence-corrected chi connectivity index (χ3v) is 16.9. The van der Waals surface area contributed by atoms with Gasteiger partial charge in [0.15, 0.2) is 18.9 Å². The van der Waals surface area contributed by atoms with E-state index in [2.05, 4.69) is 5.32 Å². The minimum absolute atomic E-state index is 0.0229. The van der Waals surface area contributed by atoms with Gasteiger partial charge in [-0.3, -0.25) is 14.5 Å². The third-order valence-electron chi connectivity index (χ3n) is 14.7. The highest BCUT2D eigenvalue weighted by atomic mass is 32.2. The zero-order valence-electron chi connectivity index (χ0n) is 42.6. The molecule has 5 aliphatic heterocycles. The number of anilines is 2. The Morgan fingerprint density at radius 2 is 1.30 bits per heavy atom. The first kappa shape index (κ1) is 60.8. The maximum Gasteiger partial charge on any atom is 0.414 e. The molecule has 0 bridgehead atoms. The van der Waals surface area contributed by atoms with Crippen LogP contribution in [-0.4, -0.2) is 251 Å². The predicted octanol–water partition coefficient (Wildman–Crippen LogP) is -4.91. The average molecular weight is 1120 g/mol. The molecule has 5 heterocycles. The molecule has 0 radical (unpaired) electrons. The number of piperazine rings is 1. The molecule has 3 amide bonds. The molecule has 7 rings (SSSR count). The molecule has 29 heteroatoms. The monoisotopic (exact) mass is 1120 g/mol. The topological polar surface area (TPSA) is 415 Å². The van der Waals surface area contributed by atoms with E-state index in [9.17, 15) is 45.0 Å². The van der Waals surface area contributed by atoms with Crippen molar-refractivity contribution in [1.29, 1.82) is 0 Å². The number of rotatable bonds is 23. The molecular weight excluding hydrogens is 1040 g/mol. The van der Waals surface area contributed by atoms with Crippen LogP contribution in [-0.2, 0) is 42.7 Å². The van der Waals surface area contributed by atoms with Gasteiger partial charge >= 0.3 is 6.09 Å². The van der Waals surface area contributed by atoms with E-state index in [-0.39, 0.29) is 44.4 Å². The normalized spacial score (nSPS) is 38.1. The van der Waals surface area contributed by atoms with Crippen molar-refractivity contribution in [3.63, 3.8) is 0 Å². The molecule has 6 aliphatic rings. The number of nitrogens with one attached hydrogen (secondary N) is 1. The van der Waals surface area contributed by atoms with Gasteiger partial charge in [0.25, 0.3) is 0 Å². The van der Waals surface area contributed by atoms with Crippen molar-refractivity contribution in [2.45, 2.75) is 161 Å². The molecule has 1 aliphatic carbocycles. The lowest BCUT2D eigenvalue weighted by Gasteiger charge is -2.47. The number of halogens is 1. The number of nitrogens with two attached hydrogens (primary N) is 6. The van der Waals surface area contributed by atoms with E-state index in [1.165, 1.54) is 29.7 Å². The molecule has 6 fully saturated rings. The lowest BCUT2D eigenvalue weighted by Crippen LogP contribution is -2.68. The zero-order chi connectivity index (χ0) is 55.0. The molecule has 5 saturated heterocycles. The maximum absolute atomic E-state index is 15.4. The van der Waals surface area contributed by atoms with E-state index in [0.29, 0.717) is 54.8 Å². The largest absolute Gasteiger partial charge is 0.442 e. The minimum atomic E-state index is -1.54. The van der Waals surface area contributed by atoms with Gasteiger partial charge in [0.2, 0.25) is 11.8 Å². The van der Waals surface area contributed by atoms with Crippen LogP contribution in [0.4, 0.5) is 20.6 Å². The van der Waals surface area contributed by atoms with E-state index >= 15 is 4.39 Å². The first-order valence-electron chi connectivity index (χ1n) is 26.0. The summed E-state index contributed by atoms with van der Waals surface area (Å²) in [6.07, 6.45) is -16.8. The summed E-state index contributed by atoms with van der Waals surface area (Å²) in [5.74, 6) is 1.42. The van der Waals surface area contributed by atoms with E-state index in [1.54, 1.807) is 28.8 Å². The predicted molar refractivity (Wildman–Crippen MR) is 276 cm³/mol. The number of aliphatic hydroxyl groups excluding tert-OH is 6. The Bertz CT molecular complexity index is 2050. The second kappa shape index (κ2) is 28.0. The summed E-state index contributed by atoms with van der Waals surface area (Å²) in [5, 5.41) is 68.0. The van der Waals surface area contributed by atoms with Crippen LogP contribution in [0.25, 0.3) is 0 Å². The Balaban J connectivity index is 0.845. The number of nitrogens with zero attached hydrogens (tertiary/aromatic N) is 3. The SMILES string of the molecule is CC(=O)NC[C@H]1CN(c2ccc(N3CCN(C(=O)CSCCCCCCSC[C@H]4O[C@@H](O[C@@H]5[C@@H](O)[C@H](N)C[C@H](N)[C@H]5O[C@@H]5O[C@H](CN)[C@H](O)[C@H](O)[C@H]5N)[C@H](O)[C@@H]4O[C@@H]4O[C@H](CN)[C@H](O)[C@H](O)C4N)CC3)c(F)c2)C(=O)O1. The smallest absolute Gasteiger partial charge is 0.414 e. The van der Waals surface area contributed by atoms with Crippen LogP contribution in [0.2, 0.25) is 0 Å². The van der Waals surface area contributed by atoms with Crippen LogP contribution in [0.3, 0.4) is 0 Å². The van der Waals surface area contributed by atoms with Crippen LogP contribution < -0.4 is 49.5 Å². The van der Waals surface area contributed by atoms with Crippen molar-refractivity contribution in [1.82, 2.24) is 10.2 Å². The number of carbonyl (C=O) groups is 3. The quantitative estimate of drug-likeness (QED) is 0.0457. The third kappa shape index (κ3) is 14.7. The molecule has 0 aromatic heterocycles. The fraction of sp³-hybridized carbons (Fsp3) is 0.809. The van der Waals surface area contributed by atoms with Gasteiger partial charge in [-0.15, -0.1) is 0 Å². The first-order chi connectivity index (χ1) is 36.3. The average Bonchev–Trinajstić information content (AvgIpc) is 3.93. The standard InChI is InChI=1S/C47H79FN10O16S2/c1-22(59)55-18-24-19-58(47(67)68-24)23-6-7-28(25(48)14-23)56-8-10-57(11-9-56)32(60)21-76-13-5-3-2-4-12-75-20-31-42(73-45-34(54)39(65)37(63)30(17-50)70-45)40(66)46(71-31)74-43-35(61)26(51)15-27(52)41(43)72-44-33(53)38(64)36(62)29(16-49)69-44/h6-7,14,24,26-27,29-31,33-46,61-66H,2-5,8-13,15-21,49-54H2,1H3,(H,55,59)/t24-,26+,27-,29+,30+,31+,33+,34?,35-,36-,37-,38+,39+,40+,41+,42+,43+,44-,45-,46-/m0/s1.